The summed E-state index contributed by atoms with van der Waals surface area (Å²) in [6, 6.07) is 6.51. The third kappa shape index (κ3) is 2.87. The predicted molar refractivity (Wildman–Crippen MR) is 85.8 cm³/mol. The lowest BCUT2D eigenvalue weighted by Crippen LogP contribution is -2.06. The Kier molecular flexibility index (Phi) is 4.48. The molecule has 2 aromatic rings. The van der Waals surface area contributed by atoms with Crippen molar-refractivity contribution >= 4 is 5.82 Å². The van der Waals surface area contributed by atoms with Crippen molar-refractivity contribution in [2.75, 3.05) is 5.73 Å². The molecule has 0 radical (unpaired) electrons. The molecule has 0 fully saturated rings. The SMILES string of the molecule is CCCc1nc(-c2cc(C)cc(C)c2)c(N)n1CCC. The Balaban J connectivity index is 2.53. The van der Waals surface area contributed by atoms with Gasteiger partial charge in [0.15, 0.2) is 0 Å². The second-order valence-electron chi connectivity index (χ2n) is 5.54. The number of rotatable bonds is 5. The second kappa shape index (κ2) is 6.12. The molecular weight excluding hydrogens is 246 g/mol. The summed E-state index contributed by atoms with van der Waals surface area (Å²) in [4.78, 5) is 4.81. The van der Waals surface area contributed by atoms with E-state index >= 15 is 0 Å². The van der Waals surface area contributed by atoms with E-state index < -0.39 is 0 Å². The summed E-state index contributed by atoms with van der Waals surface area (Å²) in [6.45, 7) is 9.52. The van der Waals surface area contributed by atoms with E-state index in [4.69, 9.17) is 10.7 Å². The molecule has 1 heterocycles. The molecule has 2 rings (SSSR count). The number of nitrogen functional groups attached to an aromatic ring is 1. The van der Waals surface area contributed by atoms with Gasteiger partial charge in [0.25, 0.3) is 0 Å². The van der Waals surface area contributed by atoms with Crippen molar-refractivity contribution in [2.24, 2.45) is 0 Å². The van der Waals surface area contributed by atoms with Crippen LogP contribution < -0.4 is 5.73 Å². The summed E-state index contributed by atoms with van der Waals surface area (Å²) < 4.78 is 2.18. The van der Waals surface area contributed by atoms with Gasteiger partial charge in [-0.2, -0.15) is 0 Å². The van der Waals surface area contributed by atoms with Gasteiger partial charge >= 0.3 is 0 Å². The van der Waals surface area contributed by atoms with Crippen LogP contribution >= 0.6 is 0 Å². The van der Waals surface area contributed by atoms with E-state index in [0.29, 0.717) is 0 Å². The monoisotopic (exact) mass is 271 g/mol. The maximum absolute atomic E-state index is 6.35. The number of imidazole rings is 1. The van der Waals surface area contributed by atoms with Gasteiger partial charge in [0.05, 0.1) is 0 Å². The zero-order valence-corrected chi connectivity index (χ0v) is 13.0. The van der Waals surface area contributed by atoms with Gasteiger partial charge in [-0.3, -0.25) is 0 Å². The highest BCUT2D eigenvalue weighted by atomic mass is 15.1. The van der Waals surface area contributed by atoms with Crippen LogP contribution in [0.3, 0.4) is 0 Å². The lowest BCUT2D eigenvalue weighted by atomic mass is 10.1. The highest BCUT2D eigenvalue weighted by Gasteiger charge is 2.15. The Morgan fingerprint density at radius 3 is 2.25 bits per heavy atom. The minimum Gasteiger partial charge on any atom is -0.383 e. The van der Waals surface area contributed by atoms with Gasteiger partial charge in [0.2, 0.25) is 0 Å². The van der Waals surface area contributed by atoms with Crippen molar-refractivity contribution in [3.05, 3.63) is 35.2 Å². The van der Waals surface area contributed by atoms with Gasteiger partial charge in [-0.05, 0) is 38.8 Å². The molecule has 0 amide bonds. The Bertz CT molecular complexity index is 576. The van der Waals surface area contributed by atoms with Crippen molar-refractivity contribution in [3.63, 3.8) is 0 Å². The zero-order chi connectivity index (χ0) is 14.7. The van der Waals surface area contributed by atoms with Crippen LogP contribution in [0.5, 0.6) is 0 Å². The molecule has 3 heteroatoms. The molecule has 0 saturated carbocycles. The fraction of sp³-hybridized carbons (Fsp3) is 0.471. The number of anilines is 1. The predicted octanol–water partition coefficient (Wildman–Crippen LogP) is 4.11. The van der Waals surface area contributed by atoms with Gasteiger partial charge < -0.3 is 10.3 Å². The molecule has 108 valence electrons. The molecule has 3 nitrogen and oxygen atoms in total. The Morgan fingerprint density at radius 2 is 1.70 bits per heavy atom. The lowest BCUT2D eigenvalue weighted by Gasteiger charge is -2.08. The van der Waals surface area contributed by atoms with Crippen molar-refractivity contribution < 1.29 is 0 Å². The van der Waals surface area contributed by atoms with Crippen LogP contribution in [0.2, 0.25) is 0 Å². The first kappa shape index (κ1) is 14.6. The van der Waals surface area contributed by atoms with Crippen LogP contribution in [0.4, 0.5) is 5.82 Å². The first-order valence-corrected chi connectivity index (χ1v) is 7.50. The van der Waals surface area contributed by atoms with Gasteiger partial charge in [-0.25, -0.2) is 4.98 Å². The van der Waals surface area contributed by atoms with Crippen molar-refractivity contribution in [3.8, 4) is 11.3 Å². The van der Waals surface area contributed by atoms with E-state index in [9.17, 15) is 0 Å². The molecule has 1 aromatic heterocycles. The molecule has 0 saturated heterocycles. The van der Waals surface area contributed by atoms with Gasteiger partial charge in [-0.1, -0.05) is 31.0 Å². The van der Waals surface area contributed by atoms with Crippen LogP contribution in [0.1, 0.15) is 43.6 Å². The Morgan fingerprint density at radius 1 is 1.05 bits per heavy atom. The van der Waals surface area contributed by atoms with Gasteiger partial charge in [0.1, 0.15) is 17.3 Å². The van der Waals surface area contributed by atoms with E-state index in [1.165, 1.54) is 11.1 Å². The largest absolute Gasteiger partial charge is 0.383 e. The highest BCUT2D eigenvalue weighted by molar-refractivity contribution is 5.72. The summed E-state index contributed by atoms with van der Waals surface area (Å²) in [5, 5.41) is 0. The summed E-state index contributed by atoms with van der Waals surface area (Å²) in [5.41, 5.74) is 10.9. The van der Waals surface area contributed by atoms with Crippen LogP contribution in [0.25, 0.3) is 11.3 Å². The van der Waals surface area contributed by atoms with E-state index in [1.807, 2.05) is 0 Å². The number of hydrogen-bond donors (Lipinski definition) is 1. The molecular formula is C17H25N3. The van der Waals surface area contributed by atoms with E-state index in [1.54, 1.807) is 0 Å². The maximum Gasteiger partial charge on any atom is 0.131 e. The molecule has 0 bridgehead atoms. The maximum atomic E-state index is 6.35. The number of hydrogen-bond acceptors (Lipinski definition) is 2. The quantitative estimate of drug-likeness (QED) is 0.889. The number of nitrogens with zero attached hydrogens (tertiary/aromatic N) is 2. The third-order valence-electron chi connectivity index (χ3n) is 3.50. The molecule has 0 atom stereocenters. The van der Waals surface area contributed by atoms with Crippen molar-refractivity contribution in [2.45, 2.75) is 53.5 Å². The number of nitrogens with two attached hydrogens (primary N) is 1. The lowest BCUT2D eigenvalue weighted by molar-refractivity contribution is 0.637. The molecule has 1 aromatic carbocycles. The summed E-state index contributed by atoms with van der Waals surface area (Å²) in [5.74, 6) is 1.92. The first-order valence-electron chi connectivity index (χ1n) is 7.50. The number of benzene rings is 1. The normalized spacial score (nSPS) is 11.0. The summed E-state index contributed by atoms with van der Waals surface area (Å²) >= 11 is 0. The molecule has 0 aliphatic carbocycles. The molecule has 0 aliphatic rings. The number of aromatic nitrogens is 2. The average molecular weight is 271 g/mol. The minimum atomic E-state index is 0.806. The van der Waals surface area contributed by atoms with Gasteiger partial charge in [0, 0.05) is 18.5 Å². The van der Waals surface area contributed by atoms with Crippen molar-refractivity contribution in [1.29, 1.82) is 0 Å². The van der Waals surface area contributed by atoms with Crippen LogP contribution in [-0.4, -0.2) is 9.55 Å². The fourth-order valence-electron chi connectivity index (χ4n) is 2.72. The molecule has 0 aliphatic heterocycles. The van der Waals surface area contributed by atoms with E-state index in [-0.39, 0.29) is 0 Å². The van der Waals surface area contributed by atoms with Crippen LogP contribution in [-0.2, 0) is 13.0 Å². The fourth-order valence-corrected chi connectivity index (χ4v) is 2.72. The summed E-state index contributed by atoms with van der Waals surface area (Å²) in [7, 11) is 0. The topological polar surface area (TPSA) is 43.8 Å². The standard InChI is InChI=1S/C17H25N3/c1-5-7-15-19-16(17(18)20(15)8-6-2)14-10-12(3)9-13(4)11-14/h9-11H,5-8,18H2,1-4H3. The molecule has 0 spiro atoms. The Hall–Kier alpha value is -1.77. The second-order valence-corrected chi connectivity index (χ2v) is 5.54. The summed E-state index contributed by atoms with van der Waals surface area (Å²) in [6.07, 6.45) is 3.14. The molecule has 20 heavy (non-hydrogen) atoms. The minimum absolute atomic E-state index is 0.806. The Labute approximate surface area is 121 Å². The molecule has 0 unspecified atom stereocenters. The van der Waals surface area contributed by atoms with E-state index in [0.717, 1.165) is 48.7 Å². The first-order chi connectivity index (χ1) is 9.56. The average Bonchev–Trinajstić information content (AvgIpc) is 2.67. The smallest absolute Gasteiger partial charge is 0.131 e. The van der Waals surface area contributed by atoms with Crippen LogP contribution in [0, 0.1) is 13.8 Å². The van der Waals surface area contributed by atoms with Crippen molar-refractivity contribution in [1.82, 2.24) is 9.55 Å². The molecule has 2 N–H and O–H groups in total. The number of aryl methyl sites for hydroxylation is 3. The third-order valence-corrected chi connectivity index (χ3v) is 3.50. The van der Waals surface area contributed by atoms with Gasteiger partial charge in [-0.15, -0.1) is 0 Å². The van der Waals surface area contributed by atoms with E-state index in [2.05, 4.69) is 50.5 Å². The highest BCUT2D eigenvalue weighted by Crippen LogP contribution is 2.28. The van der Waals surface area contributed by atoms with Crippen LogP contribution in [0.15, 0.2) is 18.2 Å². The zero-order valence-electron chi connectivity index (χ0n) is 13.0.